The summed E-state index contributed by atoms with van der Waals surface area (Å²) in [7, 11) is 0. The molecule has 0 spiro atoms. The van der Waals surface area contributed by atoms with Crippen LogP contribution in [0.15, 0.2) is 76.6 Å². The minimum Gasteiger partial charge on any atom is -0.120 e. The van der Waals surface area contributed by atoms with Crippen LogP contribution in [0.5, 0.6) is 0 Å². The van der Waals surface area contributed by atoms with Crippen molar-refractivity contribution in [2.24, 2.45) is 11.8 Å². The fraction of sp³-hybridized carbons (Fsp3) is 0.381. The summed E-state index contributed by atoms with van der Waals surface area (Å²) in [6, 6.07) is 0. The second-order valence-corrected chi connectivity index (χ2v) is 5.05. The summed E-state index contributed by atoms with van der Waals surface area (Å²) in [5.41, 5.74) is 8.79. The molecule has 0 aliphatic heterocycles. The lowest BCUT2D eigenvalue weighted by Crippen LogP contribution is -2.14. The molecule has 21 heavy (non-hydrogen) atoms. The van der Waals surface area contributed by atoms with Crippen molar-refractivity contribution in [2.45, 2.75) is 41.5 Å². The Labute approximate surface area is 130 Å². The van der Waals surface area contributed by atoms with Crippen LogP contribution in [0.25, 0.3) is 0 Å². The quantitative estimate of drug-likeness (QED) is 0.493. The van der Waals surface area contributed by atoms with Gasteiger partial charge in [0.2, 0.25) is 0 Å². The Morgan fingerprint density at radius 3 is 2.29 bits per heavy atom. The van der Waals surface area contributed by atoms with Crippen LogP contribution in [0.1, 0.15) is 41.5 Å². The zero-order valence-corrected chi connectivity index (χ0v) is 14.3. The molecule has 0 heteroatoms. The molecule has 0 nitrogen and oxygen atoms in total. The normalized spacial score (nSPS) is 20.6. The molecule has 3 rings (SSSR count). The molecule has 0 aromatic heterocycles. The average Bonchev–Trinajstić information content (AvgIpc) is 2.75. The largest absolute Gasteiger partial charge is 0.120 e. The minimum atomic E-state index is 0.425. The van der Waals surface area contributed by atoms with Crippen LogP contribution in [0, 0.1) is 11.8 Å². The van der Waals surface area contributed by atoms with E-state index in [0.29, 0.717) is 11.8 Å². The van der Waals surface area contributed by atoms with Crippen molar-refractivity contribution in [3.63, 3.8) is 0 Å². The van der Waals surface area contributed by atoms with Gasteiger partial charge in [0.1, 0.15) is 0 Å². The van der Waals surface area contributed by atoms with E-state index >= 15 is 0 Å². The summed E-state index contributed by atoms with van der Waals surface area (Å²) in [6.45, 7) is 12.5. The van der Waals surface area contributed by atoms with E-state index in [9.17, 15) is 0 Å². The number of hydrogen-bond donors (Lipinski definition) is 0. The molecule has 0 heterocycles. The Balaban J connectivity index is 0.000000510. The van der Waals surface area contributed by atoms with Gasteiger partial charge in [-0.05, 0) is 40.4 Å². The summed E-state index contributed by atoms with van der Waals surface area (Å²) in [5, 5.41) is 0. The number of hydrogen-bond acceptors (Lipinski definition) is 0. The lowest BCUT2D eigenvalue weighted by Gasteiger charge is -2.28. The second-order valence-electron chi connectivity index (χ2n) is 5.05. The number of allylic oxidation sites excluding steroid dienone is 11. The highest BCUT2D eigenvalue weighted by atomic mass is 14.3. The summed E-state index contributed by atoms with van der Waals surface area (Å²) < 4.78 is 0. The summed E-state index contributed by atoms with van der Waals surface area (Å²) in [5.74, 6) is 1.00. The van der Waals surface area contributed by atoms with Crippen LogP contribution < -0.4 is 0 Å². The average molecular weight is 280 g/mol. The fourth-order valence-corrected chi connectivity index (χ4v) is 2.58. The molecule has 0 aromatic rings. The molecular weight excluding hydrogens is 252 g/mol. The van der Waals surface area contributed by atoms with E-state index in [1.165, 1.54) is 22.3 Å². The van der Waals surface area contributed by atoms with E-state index in [1.54, 1.807) is 0 Å². The van der Waals surface area contributed by atoms with Gasteiger partial charge < -0.3 is 0 Å². The van der Waals surface area contributed by atoms with Crippen LogP contribution in [0.4, 0.5) is 0 Å². The highest BCUT2D eigenvalue weighted by Crippen LogP contribution is 2.39. The van der Waals surface area contributed by atoms with Gasteiger partial charge in [-0.1, -0.05) is 78.0 Å². The molecule has 0 fully saturated rings. The summed E-state index contributed by atoms with van der Waals surface area (Å²) in [4.78, 5) is 0. The first-order chi connectivity index (χ1) is 10.3. The zero-order chi connectivity index (χ0) is 15.8. The van der Waals surface area contributed by atoms with E-state index in [2.05, 4.69) is 62.1 Å². The third-order valence-electron chi connectivity index (χ3n) is 3.53. The maximum atomic E-state index is 3.22. The molecule has 0 aromatic carbocycles. The van der Waals surface area contributed by atoms with Crippen molar-refractivity contribution < 1.29 is 0 Å². The maximum Gasteiger partial charge on any atom is 0.0346 e. The second kappa shape index (κ2) is 8.49. The third-order valence-corrected chi connectivity index (χ3v) is 3.53. The third kappa shape index (κ3) is 3.86. The van der Waals surface area contributed by atoms with Crippen molar-refractivity contribution in [3.8, 4) is 0 Å². The zero-order valence-electron chi connectivity index (χ0n) is 14.3. The molecule has 1 unspecified atom stereocenters. The molecular formula is C21H28. The lowest BCUT2D eigenvalue weighted by atomic mass is 9.76. The van der Waals surface area contributed by atoms with Gasteiger partial charge in [0.05, 0.1) is 0 Å². The van der Waals surface area contributed by atoms with Crippen LogP contribution in [-0.2, 0) is 0 Å². The predicted octanol–water partition coefficient (Wildman–Crippen LogP) is 6.32. The van der Waals surface area contributed by atoms with E-state index < -0.39 is 0 Å². The molecule has 3 aliphatic rings. The maximum absolute atomic E-state index is 3.22. The first-order valence-corrected chi connectivity index (χ1v) is 8.20. The van der Waals surface area contributed by atoms with Gasteiger partial charge in [0.15, 0.2) is 0 Å². The first kappa shape index (κ1) is 17.3. The van der Waals surface area contributed by atoms with E-state index in [1.807, 2.05) is 33.8 Å². The van der Waals surface area contributed by atoms with Crippen molar-refractivity contribution in [3.05, 3.63) is 76.6 Å². The molecule has 0 radical (unpaired) electrons. The minimum absolute atomic E-state index is 0.425. The Bertz CT molecular complexity index is 565. The van der Waals surface area contributed by atoms with Crippen LogP contribution in [0.2, 0.25) is 0 Å². The van der Waals surface area contributed by atoms with Crippen LogP contribution in [-0.4, -0.2) is 0 Å². The van der Waals surface area contributed by atoms with Gasteiger partial charge in [0.25, 0.3) is 0 Å². The lowest BCUT2D eigenvalue weighted by molar-refractivity contribution is 0.766. The van der Waals surface area contributed by atoms with Crippen molar-refractivity contribution in [1.29, 1.82) is 0 Å². The predicted molar refractivity (Wildman–Crippen MR) is 95.1 cm³/mol. The molecule has 0 N–H and O–H groups in total. The highest BCUT2D eigenvalue weighted by Gasteiger charge is 2.25. The molecule has 0 saturated heterocycles. The Morgan fingerprint density at radius 2 is 1.62 bits per heavy atom. The topological polar surface area (TPSA) is 0 Å². The van der Waals surface area contributed by atoms with Gasteiger partial charge >= 0.3 is 0 Å². The SMILES string of the molecule is CC.CC.CC(C)C1=CC2=CC=C=CC3=CC=CC(=C1)C32. The van der Waals surface area contributed by atoms with Gasteiger partial charge in [-0.25, -0.2) is 0 Å². The van der Waals surface area contributed by atoms with Crippen molar-refractivity contribution in [1.82, 2.24) is 0 Å². The molecule has 0 bridgehead atoms. The molecule has 112 valence electrons. The standard InChI is InChI=1S/C17H16.2C2H6/c1-12(2)16-10-14-7-4-3-6-13-8-5-9-15(11-16)17(13)14;2*1-2/h4-12,17H,1-2H3;2*1-2H3. The van der Waals surface area contributed by atoms with E-state index in [0.717, 1.165) is 0 Å². The van der Waals surface area contributed by atoms with Crippen LogP contribution >= 0.6 is 0 Å². The van der Waals surface area contributed by atoms with Crippen molar-refractivity contribution in [2.75, 3.05) is 0 Å². The molecule has 1 atom stereocenters. The Kier molecular flexibility index (Phi) is 6.99. The number of rotatable bonds is 1. The Hall–Kier alpha value is -1.78. The molecule has 0 saturated carbocycles. The van der Waals surface area contributed by atoms with Gasteiger partial charge in [-0.3, -0.25) is 0 Å². The van der Waals surface area contributed by atoms with E-state index in [-0.39, 0.29) is 0 Å². The van der Waals surface area contributed by atoms with Crippen LogP contribution in [0.3, 0.4) is 0 Å². The highest BCUT2D eigenvalue weighted by molar-refractivity contribution is 5.58. The molecule has 3 aliphatic carbocycles. The fourth-order valence-electron chi connectivity index (χ4n) is 2.58. The molecule has 0 amide bonds. The smallest absolute Gasteiger partial charge is 0.0346 e. The van der Waals surface area contributed by atoms with Gasteiger partial charge in [0, 0.05) is 5.92 Å². The summed E-state index contributed by atoms with van der Waals surface area (Å²) in [6.07, 6.45) is 17.6. The summed E-state index contributed by atoms with van der Waals surface area (Å²) >= 11 is 0. The Morgan fingerprint density at radius 1 is 0.905 bits per heavy atom. The van der Waals surface area contributed by atoms with Gasteiger partial charge in [-0.2, -0.15) is 0 Å². The van der Waals surface area contributed by atoms with Gasteiger partial charge in [-0.15, -0.1) is 5.73 Å². The first-order valence-electron chi connectivity index (χ1n) is 8.20. The van der Waals surface area contributed by atoms with Crippen molar-refractivity contribution >= 4 is 0 Å². The monoisotopic (exact) mass is 280 g/mol. The van der Waals surface area contributed by atoms with E-state index in [4.69, 9.17) is 0 Å².